The molecule has 0 bridgehead atoms. The number of carbonyl (C=O) groups excluding carboxylic acids is 2. The first-order chi connectivity index (χ1) is 11.0. The number of carbonyl (C=O) groups is 2. The van der Waals surface area contributed by atoms with Gasteiger partial charge in [0, 0.05) is 12.5 Å². The third-order valence-corrected chi connectivity index (χ3v) is 3.49. The second-order valence-electron chi connectivity index (χ2n) is 5.71. The number of hydrogen-bond donors (Lipinski definition) is 1. The molecule has 0 atom stereocenters. The number of methoxy groups -OCH3 is 1. The van der Waals surface area contributed by atoms with Crippen LogP contribution in [0.1, 0.15) is 17.3 Å². The predicted octanol–water partition coefficient (Wildman–Crippen LogP) is 1.01. The summed E-state index contributed by atoms with van der Waals surface area (Å²) in [5, 5.41) is 2.46. The van der Waals surface area contributed by atoms with Crippen molar-refractivity contribution in [3.63, 3.8) is 0 Å². The van der Waals surface area contributed by atoms with E-state index in [0.717, 1.165) is 0 Å². The van der Waals surface area contributed by atoms with Crippen molar-refractivity contribution in [1.82, 2.24) is 5.32 Å². The number of nitrogens with one attached hydrogen (secondary N) is 1. The van der Waals surface area contributed by atoms with E-state index < -0.39 is 5.97 Å². The zero-order valence-electron chi connectivity index (χ0n) is 13.5. The molecule has 1 N–H and O–H groups in total. The Morgan fingerprint density at radius 2 is 2.04 bits per heavy atom. The zero-order chi connectivity index (χ0) is 16.9. The number of benzene rings is 1. The quantitative estimate of drug-likeness (QED) is 0.754. The van der Waals surface area contributed by atoms with Gasteiger partial charge in [-0.2, -0.15) is 0 Å². The number of amides is 1. The topological polar surface area (TPSA) is 83.1 Å². The van der Waals surface area contributed by atoms with Gasteiger partial charge in [-0.25, -0.2) is 4.79 Å². The summed E-state index contributed by atoms with van der Waals surface area (Å²) in [6.07, 6.45) is 0. The lowest BCUT2D eigenvalue weighted by Gasteiger charge is -2.37. The molecule has 0 radical (unpaired) electrons. The molecule has 0 spiro atoms. The summed E-state index contributed by atoms with van der Waals surface area (Å²) in [4.78, 5) is 23.3. The van der Waals surface area contributed by atoms with Crippen molar-refractivity contribution >= 4 is 11.9 Å². The van der Waals surface area contributed by atoms with Crippen LogP contribution < -0.4 is 14.8 Å². The maximum absolute atomic E-state index is 12.1. The summed E-state index contributed by atoms with van der Waals surface area (Å²) in [6, 6.07) is 4.68. The van der Waals surface area contributed by atoms with Gasteiger partial charge in [0.05, 0.1) is 25.9 Å². The predicted molar refractivity (Wildman–Crippen MR) is 81.8 cm³/mol. The average Bonchev–Trinajstić information content (AvgIpc) is 2.55. The lowest BCUT2D eigenvalue weighted by molar-refractivity contribution is -0.127. The molecule has 0 saturated carbocycles. The lowest BCUT2D eigenvalue weighted by atomic mass is 9.90. The highest BCUT2D eigenvalue weighted by atomic mass is 16.5. The van der Waals surface area contributed by atoms with E-state index in [2.05, 4.69) is 5.32 Å². The van der Waals surface area contributed by atoms with Crippen molar-refractivity contribution in [2.75, 3.05) is 40.6 Å². The minimum Gasteiger partial charge on any atom is -0.493 e. The van der Waals surface area contributed by atoms with E-state index >= 15 is 0 Å². The van der Waals surface area contributed by atoms with Crippen LogP contribution in [0.25, 0.3) is 0 Å². The molecule has 0 aliphatic carbocycles. The van der Waals surface area contributed by atoms with Crippen molar-refractivity contribution in [3.05, 3.63) is 23.8 Å². The van der Waals surface area contributed by atoms with E-state index in [4.69, 9.17) is 18.9 Å². The van der Waals surface area contributed by atoms with Gasteiger partial charge >= 0.3 is 5.97 Å². The van der Waals surface area contributed by atoms with Gasteiger partial charge in [-0.3, -0.25) is 4.79 Å². The third-order valence-electron chi connectivity index (χ3n) is 3.49. The van der Waals surface area contributed by atoms with Crippen LogP contribution in [0.15, 0.2) is 18.2 Å². The van der Waals surface area contributed by atoms with Gasteiger partial charge in [0.2, 0.25) is 0 Å². The third kappa shape index (κ3) is 4.35. The number of rotatable bonds is 7. The molecule has 1 aromatic rings. The van der Waals surface area contributed by atoms with Gasteiger partial charge in [-0.05, 0) is 18.2 Å². The number of hydrogen-bond acceptors (Lipinski definition) is 6. The van der Waals surface area contributed by atoms with Crippen LogP contribution in [-0.4, -0.2) is 52.5 Å². The normalized spacial score (nSPS) is 15.3. The fourth-order valence-electron chi connectivity index (χ4n) is 1.99. The van der Waals surface area contributed by atoms with Gasteiger partial charge in [-0.15, -0.1) is 0 Å². The van der Waals surface area contributed by atoms with Gasteiger partial charge in [0.15, 0.2) is 18.1 Å². The second kappa shape index (κ2) is 7.32. The van der Waals surface area contributed by atoms with Crippen LogP contribution in [0.5, 0.6) is 11.5 Å². The van der Waals surface area contributed by atoms with Crippen LogP contribution in [0.2, 0.25) is 0 Å². The molecule has 0 aromatic heterocycles. The maximum Gasteiger partial charge on any atom is 0.338 e. The van der Waals surface area contributed by atoms with Crippen molar-refractivity contribution in [2.24, 2.45) is 5.41 Å². The minimum atomic E-state index is -0.436. The molecular formula is C16H21NO6. The molecule has 126 valence electrons. The highest BCUT2D eigenvalue weighted by molar-refractivity contribution is 5.90. The molecule has 23 heavy (non-hydrogen) atoms. The fourth-order valence-corrected chi connectivity index (χ4v) is 1.99. The fraction of sp³-hybridized carbons (Fsp3) is 0.500. The molecule has 1 aliphatic heterocycles. The van der Waals surface area contributed by atoms with Gasteiger partial charge in [-0.1, -0.05) is 6.92 Å². The Hall–Kier alpha value is -2.28. The smallest absolute Gasteiger partial charge is 0.338 e. The Labute approximate surface area is 134 Å². The molecular weight excluding hydrogens is 302 g/mol. The van der Waals surface area contributed by atoms with E-state index in [-0.39, 0.29) is 17.9 Å². The van der Waals surface area contributed by atoms with E-state index in [9.17, 15) is 9.59 Å². The molecule has 7 heteroatoms. The first-order valence-electron chi connectivity index (χ1n) is 7.24. The number of ether oxygens (including phenoxy) is 4. The molecule has 0 unspecified atom stereocenters. The van der Waals surface area contributed by atoms with E-state index in [1.807, 2.05) is 6.92 Å². The van der Waals surface area contributed by atoms with Crippen LogP contribution in [0.3, 0.4) is 0 Å². The Morgan fingerprint density at radius 1 is 1.30 bits per heavy atom. The molecule has 1 saturated heterocycles. The number of likely N-dealkylation sites (N-methyl/N-ethyl adjacent to an activating group) is 1. The van der Waals surface area contributed by atoms with E-state index in [1.165, 1.54) is 20.2 Å². The molecule has 2 rings (SSSR count). The van der Waals surface area contributed by atoms with Crippen molar-refractivity contribution in [1.29, 1.82) is 0 Å². The van der Waals surface area contributed by atoms with Gasteiger partial charge in [0.1, 0.15) is 6.61 Å². The Balaban J connectivity index is 1.99. The lowest BCUT2D eigenvalue weighted by Crippen LogP contribution is -2.44. The highest BCUT2D eigenvalue weighted by Gasteiger charge is 2.35. The monoisotopic (exact) mass is 323 g/mol. The number of esters is 1. The van der Waals surface area contributed by atoms with Crippen molar-refractivity contribution in [2.45, 2.75) is 6.92 Å². The van der Waals surface area contributed by atoms with Crippen LogP contribution in [0, 0.1) is 5.41 Å². The maximum atomic E-state index is 12.1. The van der Waals surface area contributed by atoms with Gasteiger partial charge in [0.25, 0.3) is 5.91 Å². The van der Waals surface area contributed by atoms with Gasteiger partial charge < -0.3 is 24.3 Å². The highest BCUT2D eigenvalue weighted by Crippen LogP contribution is 2.30. The van der Waals surface area contributed by atoms with Crippen molar-refractivity contribution < 1.29 is 28.5 Å². The first kappa shape index (κ1) is 17.1. The molecule has 1 aromatic carbocycles. The summed E-state index contributed by atoms with van der Waals surface area (Å²) >= 11 is 0. The average molecular weight is 323 g/mol. The summed E-state index contributed by atoms with van der Waals surface area (Å²) < 4.78 is 21.0. The van der Waals surface area contributed by atoms with Crippen LogP contribution in [0.4, 0.5) is 0 Å². The van der Waals surface area contributed by atoms with E-state index in [0.29, 0.717) is 36.9 Å². The largest absolute Gasteiger partial charge is 0.493 e. The molecule has 1 fully saturated rings. The molecule has 1 heterocycles. The SMILES string of the molecule is CNC(=O)COc1ccc(C(=O)OCC2(C)COC2)cc1OC. The Morgan fingerprint density at radius 3 is 2.61 bits per heavy atom. The molecule has 7 nitrogen and oxygen atoms in total. The van der Waals surface area contributed by atoms with E-state index in [1.54, 1.807) is 12.1 Å². The molecule has 1 aliphatic rings. The molecule has 1 amide bonds. The van der Waals surface area contributed by atoms with Crippen LogP contribution >= 0.6 is 0 Å². The first-order valence-corrected chi connectivity index (χ1v) is 7.24. The Bertz CT molecular complexity index is 582. The van der Waals surface area contributed by atoms with Crippen molar-refractivity contribution in [3.8, 4) is 11.5 Å². The zero-order valence-corrected chi connectivity index (χ0v) is 13.5. The minimum absolute atomic E-state index is 0.101. The van der Waals surface area contributed by atoms with Crippen LogP contribution in [-0.2, 0) is 14.3 Å². The summed E-state index contributed by atoms with van der Waals surface area (Å²) in [6.45, 7) is 3.36. The summed E-state index contributed by atoms with van der Waals surface area (Å²) in [7, 11) is 2.99. The Kier molecular flexibility index (Phi) is 5.44. The summed E-state index contributed by atoms with van der Waals surface area (Å²) in [5.41, 5.74) is 0.258. The second-order valence-corrected chi connectivity index (χ2v) is 5.71. The summed E-state index contributed by atoms with van der Waals surface area (Å²) in [5.74, 6) is 0.0503. The standard InChI is InChI=1S/C16H21NO6/c1-16(8-21-9-16)10-23-15(19)11-4-5-12(13(6-11)20-3)22-7-14(18)17-2/h4-6H,7-10H2,1-3H3,(H,17,18).